The van der Waals surface area contributed by atoms with E-state index in [1.807, 2.05) is 12.3 Å². The number of aliphatic hydroxyl groups excluding tert-OH is 1. The Morgan fingerprint density at radius 3 is 2.56 bits per heavy atom. The number of hydrogen-bond donors (Lipinski definition) is 2. The van der Waals surface area contributed by atoms with Crippen molar-refractivity contribution in [2.45, 2.75) is 6.54 Å². The van der Waals surface area contributed by atoms with E-state index < -0.39 is 0 Å². The van der Waals surface area contributed by atoms with Crippen molar-refractivity contribution in [3.63, 3.8) is 0 Å². The van der Waals surface area contributed by atoms with Crippen molar-refractivity contribution in [2.24, 2.45) is 0 Å². The molecule has 1 aliphatic rings. The van der Waals surface area contributed by atoms with Crippen LogP contribution in [0.1, 0.15) is 5.56 Å². The summed E-state index contributed by atoms with van der Waals surface area (Å²) < 4.78 is 0. The van der Waals surface area contributed by atoms with Gasteiger partial charge in [0, 0.05) is 57.2 Å². The van der Waals surface area contributed by atoms with Crippen molar-refractivity contribution in [1.82, 2.24) is 19.8 Å². The fourth-order valence-corrected chi connectivity index (χ4v) is 3.44. The molecular weight excluding hydrogens is 312 g/mol. The van der Waals surface area contributed by atoms with Gasteiger partial charge >= 0.3 is 0 Å². The second-order valence-corrected chi connectivity index (χ2v) is 6.50. The Morgan fingerprint density at radius 2 is 1.80 bits per heavy atom. The molecule has 0 saturated carbocycles. The van der Waals surface area contributed by atoms with Gasteiger partial charge in [0.2, 0.25) is 0 Å². The zero-order valence-electron chi connectivity index (χ0n) is 14.2. The molecule has 128 valence electrons. The predicted molar refractivity (Wildman–Crippen MR) is 98.0 cm³/mol. The Hall–Kier alpha value is -2.39. The second-order valence-electron chi connectivity index (χ2n) is 6.50. The molecule has 3 heterocycles. The van der Waals surface area contributed by atoms with Crippen LogP contribution in [-0.2, 0) is 6.54 Å². The van der Waals surface area contributed by atoms with Gasteiger partial charge in [-0.05, 0) is 23.3 Å². The predicted octanol–water partition coefficient (Wildman–Crippen LogP) is 1.94. The fourth-order valence-electron chi connectivity index (χ4n) is 3.44. The summed E-state index contributed by atoms with van der Waals surface area (Å²) in [6, 6.07) is 13.9. The van der Waals surface area contributed by atoms with E-state index in [1.54, 1.807) is 0 Å². The Balaban J connectivity index is 1.43. The maximum absolute atomic E-state index is 9.03. The van der Waals surface area contributed by atoms with Gasteiger partial charge in [0.15, 0.2) is 5.65 Å². The van der Waals surface area contributed by atoms with Crippen molar-refractivity contribution >= 4 is 11.0 Å². The second kappa shape index (κ2) is 7.24. The van der Waals surface area contributed by atoms with Crippen LogP contribution >= 0.6 is 0 Å². The third-order valence-corrected chi connectivity index (χ3v) is 4.87. The monoisotopic (exact) mass is 334 g/mol. The highest BCUT2D eigenvalue weighted by Crippen LogP contribution is 2.26. The van der Waals surface area contributed by atoms with Crippen molar-refractivity contribution in [3.8, 4) is 11.1 Å². The third kappa shape index (κ3) is 3.52. The smallest absolute Gasteiger partial charge is 0.153 e. The zero-order valence-corrected chi connectivity index (χ0v) is 14.2. The molecule has 2 aromatic heterocycles. The number of pyridine rings is 1. The van der Waals surface area contributed by atoms with Crippen molar-refractivity contribution in [1.29, 1.82) is 0 Å². The molecule has 1 fully saturated rings. The number of aliphatic hydroxyl groups is 1. The van der Waals surface area contributed by atoms with Crippen LogP contribution in [-0.4, -0.2) is 64.2 Å². The molecule has 2 N–H and O–H groups in total. The van der Waals surface area contributed by atoms with E-state index in [1.165, 1.54) is 11.1 Å². The van der Waals surface area contributed by atoms with E-state index in [4.69, 9.17) is 5.11 Å². The first-order chi connectivity index (χ1) is 12.3. The molecule has 0 bridgehead atoms. The van der Waals surface area contributed by atoms with Gasteiger partial charge < -0.3 is 5.11 Å². The van der Waals surface area contributed by atoms with Gasteiger partial charge in [0.05, 0.1) is 12.0 Å². The number of nitrogens with zero attached hydrogens (tertiary/aromatic N) is 3. The normalized spacial score (nSPS) is 16.2. The number of H-pyrrole nitrogens is 1. The number of aromatic nitrogens is 2. The van der Waals surface area contributed by atoms with Gasteiger partial charge in [0.25, 0.3) is 0 Å². The number of nitrogens with one attached hydrogen (secondary N) is 1. The SMILES string of the molecule is OCCN1CCN(Cc2ccc(-c3ccnc4[nH]c#cc34)cc2)CC1. The maximum Gasteiger partial charge on any atom is 0.153 e. The lowest BCUT2D eigenvalue weighted by atomic mass is 10.0. The summed E-state index contributed by atoms with van der Waals surface area (Å²) >= 11 is 0. The molecule has 0 amide bonds. The van der Waals surface area contributed by atoms with Gasteiger partial charge in [-0.25, -0.2) is 4.98 Å². The molecule has 3 aromatic rings. The first-order valence-corrected chi connectivity index (χ1v) is 8.74. The van der Waals surface area contributed by atoms with Gasteiger partial charge in [-0.1, -0.05) is 24.3 Å². The maximum atomic E-state index is 9.03. The van der Waals surface area contributed by atoms with Crippen LogP contribution in [0.3, 0.4) is 0 Å². The first-order valence-electron chi connectivity index (χ1n) is 8.74. The highest BCUT2D eigenvalue weighted by molar-refractivity contribution is 5.91. The molecule has 0 radical (unpaired) electrons. The van der Waals surface area contributed by atoms with E-state index in [0.29, 0.717) is 0 Å². The molecule has 1 saturated heterocycles. The molecule has 1 aromatic carbocycles. The first kappa shape index (κ1) is 16.1. The number of β-amino-alcohol motifs (C(OH)–C–C–N with tert-alkyl or cyclic N) is 1. The molecule has 0 atom stereocenters. The van der Waals surface area contributed by atoms with E-state index in [2.05, 4.69) is 56.3 Å². The molecule has 0 aliphatic carbocycles. The van der Waals surface area contributed by atoms with Crippen LogP contribution in [0.2, 0.25) is 0 Å². The van der Waals surface area contributed by atoms with Gasteiger partial charge in [-0.3, -0.25) is 14.8 Å². The molecule has 0 spiro atoms. The highest BCUT2D eigenvalue weighted by atomic mass is 16.3. The standard InChI is InChI=1S/C20H22N4O/c25-14-13-23-9-11-24(12-10-23)15-16-1-3-17(4-2-16)18-5-7-21-20-19(18)6-8-22-20/h1-5,7,25H,9-15H2,(H,21,22). The minimum atomic E-state index is 0.250. The van der Waals surface area contributed by atoms with E-state index in [-0.39, 0.29) is 6.61 Å². The minimum Gasteiger partial charge on any atom is -0.395 e. The van der Waals surface area contributed by atoms with Crippen LogP contribution in [0.25, 0.3) is 22.2 Å². The largest absolute Gasteiger partial charge is 0.395 e. The molecular formula is C20H22N4O. The van der Waals surface area contributed by atoms with Gasteiger partial charge in [-0.2, -0.15) is 0 Å². The average molecular weight is 334 g/mol. The Kier molecular flexibility index (Phi) is 4.66. The van der Waals surface area contributed by atoms with Crippen LogP contribution in [0.4, 0.5) is 0 Å². The van der Waals surface area contributed by atoms with Crippen LogP contribution < -0.4 is 0 Å². The molecule has 25 heavy (non-hydrogen) atoms. The third-order valence-electron chi connectivity index (χ3n) is 4.87. The van der Waals surface area contributed by atoms with Crippen molar-refractivity contribution in [3.05, 3.63) is 54.4 Å². The number of piperazine rings is 1. The molecule has 4 rings (SSSR count). The number of hydrogen-bond acceptors (Lipinski definition) is 4. The van der Waals surface area contributed by atoms with Crippen molar-refractivity contribution < 1.29 is 5.11 Å². The lowest BCUT2D eigenvalue weighted by molar-refractivity contribution is 0.108. The topological polar surface area (TPSA) is 55.4 Å². The minimum absolute atomic E-state index is 0.250. The zero-order chi connectivity index (χ0) is 17.1. The Bertz CT molecular complexity index is 819. The molecule has 1 aliphatic heterocycles. The lowest BCUT2D eigenvalue weighted by Crippen LogP contribution is -2.46. The molecule has 5 nitrogen and oxygen atoms in total. The lowest BCUT2D eigenvalue weighted by Gasteiger charge is -2.34. The number of fused-ring (bicyclic) bond motifs is 1. The van der Waals surface area contributed by atoms with Crippen molar-refractivity contribution in [2.75, 3.05) is 39.3 Å². The van der Waals surface area contributed by atoms with Gasteiger partial charge in [0.1, 0.15) is 0 Å². The Morgan fingerprint density at radius 1 is 1.04 bits per heavy atom. The van der Waals surface area contributed by atoms with E-state index in [9.17, 15) is 0 Å². The van der Waals surface area contributed by atoms with Crippen LogP contribution in [0, 0.1) is 12.3 Å². The quantitative estimate of drug-likeness (QED) is 0.749. The fraction of sp³-hybridized carbons (Fsp3) is 0.350. The van der Waals surface area contributed by atoms with Crippen LogP contribution in [0.15, 0.2) is 36.5 Å². The van der Waals surface area contributed by atoms with E-state index in [0.717, 1.165) is 55.9 Å². The summed E-state index contributed by atoms with van der Waals surface area (Å²) in [6.45, 7) is 6.20. The number of rotatable bonds is 5. The summed E-state index contributed by atoms with van der Waals surface area (Å²) in [5.74, 6) is 0. The van der Waals surface area contributed by atoms with Crippen LogP contribution in [0.5, 0.6) is 0 Å². The summed E-state index contributed by atoms with van der Waals surface area (Å²) in [4.78, 5) is 12.1. The number of benzene rings is 1. The Labute approximate surface area is 147 Å². The number of aromatic amines is 1. The molecule has 5 heteroatoms. The average Bonchev–Trinajstić information content (AvgIpc) is 3.13. The van der Waals surface area contributed by atoms with E-state index >= 15 is 0 Å². The summed E-state index contributed by atoms with van der Waals surface area (Å²) in [5.41, 5.74) is 4.46. The summed E-state index contributed by atoms with van der Waals surface area (Å²) in [7, 11) is 0. The highest BCUT2D eigenvalue weighted by Gasteiger charge is 2.16. The summed E-state index contributed by atoms with van der Waals surface area (Å²) in [5, 5.41) is 10.0. The molecule has 0 unspecified atom stereocenters. The van der Waals surface area contributed by atoms with Gasteiger partial charge in [-0.15, -0.1) is 0 Å². The summed E-state index contributed by atoms with van der Waals surface area (Å²) in [6.07, 6.45) is 4.70.